The lowest BCUT2D eigenvalue weighted by Crippen LogP contribution is -2.43. The highest BCUT2D eigenvalue weighted by Gasteiger charge is 2.33. The standard InChI is InChI=1S/C24H23F2N3O3S/c1-15-20(16-10-12-18(13-11-16)32-23(25)26)27-24(33-15)28-22(31)21(17-7-3-2-4-8-17)29-14-6-5-9-19(29)30/h2-4,7-8,10-13,21,23H,5-6,9,14H2,1H3,(H,27,28,31). The minimum absolute atomic E-state index is 0.0348. The maximum absolute atomic E-state index is 13.3. The molecular weight excluding hydrogens is 448 g/mol. The number of carbonyl (C=O) groups excluding carboxylic acids is 2. The molecule has 1 aliphatic rings. The quantitative estimate of drug-likeness (QED) is 0.500. The highest BCUT2D eigenvalue weighted by atomic mass is 32.1. The van der Waals surface area contributed by atoms with Gasteiger partial charge in [0.25, 0.3) is 5.91 Å². The van der Waals surface area contributed by atoms with Gasteiger partial charge < -0.3 is 9.64 Å². The minimum atomic E-state index is -2.89. The summed E-state index contributed by atoms with van der Waals surface area (Å²) in [5, 5.41) is 3.29. The Hall–Kier alpha value is -3.33. The third-order valence-electron chi connectivity index (χ3n) is 5.41. The number of anilines is 1. The lowest BCUT2D eigenvalue weighted by atomic mass is 10.0. The van der Waals surface area contributed by atoms with Crippen molar-refractivity contribution in [3.63, 3.8) is 0 Å². The molecule has 9 heteroatoms. The number of halogens is 2. The van der Waals surface area contributed by atoms with Crippen molar-refractivity contribution in [2.75, 3.05) is 11.9 Å². The van der Waals surface area contributed by atoms with Gasteiger partial charge in [-0.05, 0) is 49.6 Å². The van der Waals surface area contributed by atoms with Crippen LogP contribution in [0.15, 0.2) is 54.6 Å². The molecule has 172 valence electrons. The topological polar surface area (TPSA) is 71.5 Å². The van der Waals surface area contributed by atoms with Crippen molar-refractivity contribution in [2.24, 2.45) is 0 Å². The normalized spacial score (nSPS) is 14.9. The predicted molar refractivity (Wildman–Crippen MR) is 122 cm³/mol. The van der Waals surface area contributed by atoms with E-state index in [0.29, 0.717) is 23.8 Å². The number of aryl methyl sites for hydroxylation is 1. The van der Waals surface area contributed by atoms with Crippen LogP contribution in [0.3, 0.4) is 0 Å². The van der Waals surface area contributed by atoms with Crippen molar-refractivity contribution in [3.8, 4) is 17.0 Å². The molecule has 1 aromatic heterocycles. The van der Waals surface area contributed by atoms with Crippen molar-refractivity contribution in [1.29, 1.82) is 0 Å². The zero-order valence-electron chi connectivity index (χ0n) is 18.0. The summed E-state index contributed by atoms with van der Waals surface area (Å²) >= 11 is 1.31. The first kappa shape index (κ1) is 22.8. The number of thiazole rings is 1. The molecular formula is C24H23F2N3O3S. The molecule has 1 saturated heterocycles. The number of hydrogen-bond acceptors (Lipinski definition) is 5. The van der Waals surface area contributed by atoms with Crippen molar-refractivity contribution in [1.82, 2.24) is 9.88 Å². The van der Waals surface area contributed by atoms with Crippen molar-refractivity contribution < 1.29 is 23.1 Å². The van der Waals surface area contributed by atoms with E-state index in [1.54, 1.807) is 17.0 Å². The van der Waals surface area contributed by atoms with Crippen molar-refractivity contribution in [3.05, 3.63) is 65.0 Å². The SMILES string of the molecule is Cc1sc(NC(=O)C(c2ccccc2)N2CCCCC2=O)nc1-c1ccc(OC(F)F)cc1. The molecule has 3 aromatic rings. The second kappa shape index (κ2) is 10.1. The van der Waals surface area contributed by atoms with E-state index in [1.807, 2.05) is 37.3 Å². The number of carbonyl (C=O) groups is 2. The summed E-state index contributed by atoms with van der Waals surface area (Å²) < 4.78 is 29.2. The first-order valence-electron chi connectivity index (χ1n) is 10.6. The number of piperidine rings is 1. The summed E-state index contributed by atoms with van der Waals surface area (Å²) in [5.41, 5.74) is 2.11. The first-order valence-corrected chi connectivity index (χ1v) is 11.4. The zero-order chi connectivity index (χ0) is 23.4. The van der Waals surface area contributed by atoms with Crippen LogP contribution in [0.25, 0.3) is 11.3 Å². The van der Waals surface area contributed by atoms with Crippen LogP contribution in [-0.4, -0.2) is 34.9 Å². The van der Waals surface area contributed by atoms with Crippen LogP contribution >= 0.6 is 11.3 Å². The van der Waals surface area contributed by atoms with Crippen molar-refractivity contribution in [2.45, 2.75) is 38.8 Å². The monoisotopic (exact) mass is 471 g/mol. The number of rotatable bonds is 7. The van der Waals surface area contributed by atoms with Crippen LogP contribution in [0.2, 0.25) is 0 Å². The zero-order valence-corrected chi connectivity index (χ0v) is 18.8. The summed E-state index contributed by atoms with van der Waals surface area (Å²) in [6.45, 7) is -0.487. The summed E-state index contributed by atoms with van der Waals surface area (Å²) in [6, 6.07) is 14.7. The average Bonchev–Trinajstić information content (AvgIpc) is 3.16. The molecule has 0 saturated carbocycles. The van der Waals surface area contributed by atoms with Gasteiger partial charge in [0.05, 0.1) is 5.69 Å². The van der Waals surface area contributed by atoms with Crippen molar-refractivity contribution >= 4 is 28.3 Å². The highest BCUT2D eigenvalue weighted by molar-refractivity contribution is 7.16. The van der Waals surface area contributed by atoms with Crippen LogP contribution in [0.5, 0.6) is 5.75 Å². The number of aromatic nitrogens is 1. The Kier molecular flexibility index (Phi) is 6.98. The molecule has 1 atom stereocenters. The van der Waals surface area contributed by atoms with Gasteiger partial charge in [-0.15, -0.1) is 11.3 Å². The van der Waals surface area contributed by atoms with Gasteiger partial charge in [-0.3, -0.25) is 14.9 Å². The van der Waals surface area contributed by atoms with Gasteiger partial charge in [0, 0.05) is 23.4 Å². The Morgan fingerprint density at radius 2 is 1.85 bits per heavy atom. The van der Waals surface area contributed by atoms with Gasteiger partial charge >= 0.3 is 6.61 Å². The molecule has 1 N–H and O–H groups in total. The molecule has 4 rings (SSSR count). The Bertz CT molecular complexity index is 1120. The predicted octanol–water partition coefficient (Wildman–Crippen LogP) is 5.41. The number of nitrogens with zero attached hydrogens (tertiary/aromatic N) is 2. The van der Waals surface area contributed by atoms with Gasteiger partial charge in [0.1, 0.15) is 11.8 Å². The highest BCUT2D eigenvalue weighted by Crippen LogP contribution is 2.33. The molecule has 33 heavy (non-hydrogen) atoms. The number of ether oxygens (including phenoxy) is 1. The Morgan fingerprint density at radius 3 is 2.52 bits per heavy atom. The second-order valence-electron chi connectivity index (χ2n) is 7.67. The van der Waals surface area contributed by atoms with E-state index in [1.165, 1.54) is 23.5 Å². The van der Waals surface area contributed by atoms with Crippen LogP contribution in [0, 0.1) is 6.92 Å². The van der Waals surface area contributed by atoms with E-state index in [2.05, 4.69) is 15.0 Å². The van der Waals surface area contributed by atoms with Gasteiger partial charge in [-0.2, -0.15) is 8.78 Å². The molecule has 0 aliphatic carbocycles. The van der Waals surface area contributed by atoms with Gasteiger partial charge in [0.2, 0.25) is 5.91 Å². The number of likely N-dealkylation sites (tertiary alicyclic amines) is 1. The number of benzene rings is 2. The van der Waals surface area contributed by atoms with E-state index in [9.17, 15) is 18.4 Å². The van der Waals surface area contributed by atoms with Gasteiger partial charge in [-0.25, -0.2) is 4.98 Å². The molecule has 2 aromatic carbocycles. The molecule has 1 fully saturated rings. The molecule has 2 heterocycles. The van der Waals surface area contributed by atoms with Gasteiger partial charge in [0.15, 0.2) is 5.13 Å². The molecule has 0 bridgehead atoms. The van der Waals surface area contributed by atoms with Crippen LogP contribution in [0.1, 0.15) is 35.7 Å². The van der Waals surface area contributed by atoms with Crippen LogP contribution in [0.4, 0.5) is 13.9 Å². The Labute approximate surface area is 194 Å². The molecule has 2 amide bonds. The lowest BCUT2D eigenvalue weighted by molar-refractivity contribution is -0.141. The fourth-order valence-electron chi connectivity index (χ4n) is 3.89. The number of nitrogens with one attached hydrogen (secondary N) is 1. The minimum Gasteiger partial charge on any atom is -0.435 e. The molecule has 1 aliphatic heterocycles. The van der Waals surface area contributed by atoms with Gasteiger partial charge in [-0.1, -0.05) is 30.3 Å². The second-order valence-corrected chi connectivity index (χ2v) is 8.88. The number of amides is 2. The average molecular weight is 472 g/mol. The summed E-state index contributed by atoms with van der Waals surface area (Å²) in [4.78, 5) is 33.0. The largest absolute Gasteiger partial charge is 0.435 e. The number of hydrogen-bond donors (Lipinski definition) is 1. The van der Waals surface area contributed by atoms with Crippen LogP contribution < -0.4 is 10.1 Å². The Balaban J connectivity index is 1.56. The van der Waals surface area contributed by atoms with E-state index in [4.69, 9.17) is 0 Å². The maximum Gasteiger partial charge on any atom is 0.387 e. The molecule has 0 radical (unpaired) electrons. The summed E-state index contributed by atoms with van der Waals surface area (Å²) in [7, 11) is 0. The molecule has 1 unspecified atom stereocenters. The molecule has 0 spiro atoms. The first-order chi connectivity index (χ1) is 15.9. The van der Waals surface area contributed by atoms with Crippen LogP contribution in [-0.2, 0) is 9.59 Å². The Morgan fingerprint density at radius 1 is 1.12 bits per heavy atom. The lowest BCUT2D eigenvalue weighted by Gasteiger charge is -2.33. The van der Waals surface area contributed by atoms with E-state index in [0.717, 1.165) is 28.8 Å². The van der Waals surface area contributed by atoms with E-state index < -0.39 is 12.7 Å². The third-order valence-corrected chi connectivity index (χ3v) is 6.30. The fourth-order valence-corrected chi connectivity index (χ4v) is 4.73. The summed E-state index contributed by atoms with van der Waals surface area (Å²) in [5.74, 6) is -0.295. The third kappa shape index (κ3) is 5.36. The van der Waals surface area contributed by atoms with E-state index in [-0.39, 0.29) is 17.6 Å². The molecule has 6 nitrogen and oxygen atoms in total. The smallest absolute Gasteiger partial charge is 0.387 e. The fraction of sp³-hybridized carbons (Fsp3) is 0.292. The van der Waals surface area contributed by atoms with E-state index >= 15 is 0 Å². The number of alkyl halides is 2. The summed E-state index contributed by atoms with van der Waals surface area (Å²) in [6.07, 6.45) is 2.12. The maximum atomic E-state index is 13.3.